The normalized spacial score (nSPS) is 12.2. The van der Waals surface area contributed by atoms with Gasteiger partial charge in [0, 0.05) is 11.6 Å². The van der Waals surface area contributed by atoms with Crippen molar-refractivity contribution in [3.63, 3.8) is 0 Å². The molecule has 4 aromatic rings. The third kappa shape index (κ3) is 5.12. The Labute approximate surface area is 214 Å². The minimum absolute atomic E-state index is 0.179. The molecule has 1 heterocycles. The number of benzene rings is 3. The highest BCUT2D eigenvalue weighted by Gasteiger charge is 2.29. The molecule has 0 saturated heterocycles. The average molecular weight is 508 g/mol. The van der Waals surface area contributed by atoms with Gasteiger partial charge >= 0.3 is 0 Å². The van der Waals surface area contributed by atoms with Crippen LogP contribution in [0.2, 0.25) is 10.0 Å². The minimum Gasteiger partial charge on any atom is -0.328 e. The fourth-order valence-corrected chi connectivity index (χ4v) is 4.52. The van der Waals surface area contributed by atoms with Crippen LogP contribution in [0.4, 0.5) is 0 Å². The number of carbonyl (C=O) groups excluding carboxylic acids is 1. The molecule has 4 rings (SSSR count). The molecule has 1 atom stereocenters. The molecule has 1 aromatic heterocycles. The molecule has 0 aliphatic rings. The van der Waals surface area contributed by atoms with Crippen molar-refractivity contribution in [2.45, 2.75) is 33.7 Å². The number of hydrogen-bond donors (Lipinski definition) is 0. The van der Waals surface area contributed by atoms with Gasteiger partial charge in [0.25, 0.3) is 11.5 Å². The molecule has 0 bridgehead atoms. The van der Waals surface area contributed by atoms with Gasteiger partial charge in [0.2, 0.25) is 0 Å². The van der Waals surface area contributed by atoms with Crippen LogP contribution >= 0.6 is 23.2 Å². The summed E-state index contributed by atoms with van der Waals surface area (Å²) < 4.78 is 1.59. The van der Waals surface area contributed by atoms with E-state index < -0.39 is 6.04 Å². The molecule has 0 aliphatic carbocycles. The fourth-order valence-electron chi connectivity index (χ4n) is 4.14. The molecule has 7 heteroatoms. The van der Waals surface area contributed by atoms with Gasteiger partial charge in [-0.05, 0) is 62.2 Å². The Hall–Kier alpha value is -3.15. The summed E-state index contributed by atoms with van der Waals surface area (Å²) in [6.45, 7) is 8.42. The van der Waals surface area contributed by atoms with E-state index >= 15 is 0 Å². The Bertz CT molecular complexity index is 1450. The first-order valence-corrected chi connectivity index (χ1v) is 12.3. The van der Waals surface area contributed by atoms with E-state index in [1.54, 1.807) is 51.9 Å². The van der Waals surface area contributed by atoms with Crippen LogP contribution in [-0.2, 0) is 0 Å². The van der Waals surface area contributed by atoms with E-state index in [1.165, 1.54) is 0 Å². The van der Waals surface area contributed by atoms with E-state index in [-0.39, 0.29) is 17.4 Å². The van der Waals surface area contributed by atoms with Gasteiger partial charge in [-0.1, -0.05) is 66.9 Å². The average Bonchev–Trinajstić information content (AvgIpc) is 2.82. The fraction of sp³-hybridized carbons (Fsp3) is 0.250. The predicted molar refractivity (Wildman–Crippen MR) is 143 cm³/mol. The van der Waals surface area contributed by atoms with Crippen LogP contribution < -0.4 is 5.56 Å². The van der Waals surface area contributed by atoms with E-state index in [2.05, 4.69) is 0 Å². The second-order valence-corrected chi connectivity index (χ2v) is 9.96. The second-order valence-electron chi connectivity index (χ2n) is 9.11. The molecule has 5 nitrogen and oxygen atoms in total. The van der Waals surface area contributed by atoms with Crippen LogP contribution in [0.15, 0.2) is 71.5 Å². The zero-order valence-corrected chi connectivity index (χ0v) is 21.6. The molecule has 0 saturated carbocycles. The van der Waals surface area contributed by atoms with Crippen LogP contribution in [0.25, 0.3) is 16.6 Å². The lowest BCUT2D eigenvalue weighted by Gasteiger charge is -2.32. The summed E-state index contributed by atoms with van der Waals surface area (Å²) in [5.41, 5.74) is 2.44. The Morgan fingerprint density at radius 3 is 2.34 bits per heavy atom. The monoisotopic (exact) mass is 507 g/mol. The van der Waals surface area contributed by atoms with E-state index in [4.69, 9.17) is 28.2 Å². The van der Waals surface area contributed by atoms with Gasteiger partial charge in [0.1, 0.15) is 5.82 Å². The van der Waals surface area contributed by atoms with Crippen molar-refractivity contribution in [3.05, 3.63) is 104 Å². The number of amides is 1. The number of hydrogen-bond acceptors (Lipinski definition) is 3. The molecule has 1 amide bonds. The van der Waals surface area contributed by atoms with Gasteiger partial charge in [-0.15, -0.1) is 0 Å². The van der Waals surface area contributed by atoms with E-state index in [0.29, 0.717) is 44.6 Å². The van der Waals surface area contributed by atoms with Crippen molar-refractivity contribution in [2.75, 3.05) is 6.54 Å². The summed E-state index contributed by atoms with van der Waals surface area (Å²) >= 11 is 12.6. The van der Waals surface area contributed by atoms with Crippen molar-refractivity contribution in [3.8, 4) is 5.69 Å². The van der Waals surface area contributed by atoms with Crippen LogP contribution in [-0.4, -0.2) is 26.9 Å². The lowest BCUT2D eigenvalue weighted by molar-refractivity contribution is 0.0655. The molecule has 3 aromatic carbocycles. The number of rotatable bonds is 6. The van der Waals surface area contributed by atoms with E-state index in [9.17, 15) is 9.59 Å². The maximum absolute atomic E-state index is 13.7. The number of aryl methyl sites for hydroxylation is 1. The Morgan fingerprint density at radius 2 is 1.69 bits per heavy atom. The highest BCUT2D eigenvalue weighted by atomic mass is 35.5. The highest BCUT2D eigenvalue weighted by Crippen LogP contribution is 2.28. The van der Waals surface area contributed by atoms with Gasteiger partial charge in [0.05, 0.1) is 33.2 Å². The molecule has 0 N–H and O–H groups in total. The molecule has 1 unspecified atom stereocenters. The Morgan fingerprint density at radius 1 is 1.00 bits per heavy atom. The zero-order valence-electron chi connectivity index (χ0n) is 20.1. The zero-order chi connectivity index (χ0) is 25.3. The Balaban J connectivity index is 1.95. The quantitative estimate of drug-likeness (QED) is 0.286. The number of aromatic nitrogens is 2. The standard InChI is InChI=1S/C28H27Cl2N3O2/c1-17(2)16-32(27(34)22-7-5-6-8-24(22)30)19(4)26-31-25-15-20(29)11-14-23(25)28(35)33(26)21-12-9-18(3)10-13-21/h5-15,17,19H,16H2,1-4H3. The summed E-state index contributed by atoms with van der Waals surface area (Å²) in [6, 6.07) is 19.2. The number of carbonyl (C=O) groups is 1. The summed E-state index contributed by atoms with van der Waals surface area (Å²) in [7, 11) is 0. The first-order chi connectivity index (χ1) is 16.7. The van der Waals surface area contributed by atoms with Crippen molar-refractivity contribution >= 4 is 40.0 Å². The largest absolute Gasteiger partial charge is 0.328 e. The summed E-state index contributed by atoms with van der Waals surface area (Å²) in [5, 5.41) is 1.33. The number of fused-ring (bicyclic) bond motifs is 1. The first-order valence-electron chi connectivity index (χ1n) is 11.5. The minimum atomic E-state index is -0.529. The van der Waals surface area contributed by atoms with Gasteiger partial charge in [-0.2, -0.15) is 0 Å². The van der Waals surface area contributed by atoms with Crippen LogP contribution in [0.5, 0.6) is 0 Å². The summed E-state index contributed by atoms with van der Waals surface area (Å²) in [5.74, 6) is 0.417. The van der Waals surface area contributed by atoms with Crippen LogP contribution in [0, 0.1) is 12.8 Å². The van der Waals surface area contributed by atoms with E-state index in [1.807, 2.05) is 52.0 Å². The molecule has 180 valence electrons. The summed E-state index contributed by atoms with van der Waals surface area (Å²) in [4.78, 5) is 34.1. The van der Waals surface area contributed by atoms with Crippen molar-refractivity contribution in [1.29, 1.82) is 0 Å². The lowest BCUT2D eigenvalue weighted by Crippen LogP contribution is -2.39. The van der Waals surface area contributed by atoms with Gasteiger partial charge in [0.15, 0.2) is 0 Å². The molecule has 0 aliphatic heterocycles. The maximum Gasteiger partial charge on any atom is 0.266 e. The van der Waals surface area contributed by atoms with Crippen LogP contribution in [0.3, 0.4) is 0 Å². The third-order valence-electron chi connectivity index (χ3n) is 5.92. The Kier molecular flexibility index (Phi) is 7.29. The molecule has 0 radical (unpaired) electrons. The molecule has 0 spiro atoms. The van der Waals surface area contributed by atoms with Crippen LogP contribution in [0.1, 0.15) is 48.6 Å². The molecular weight excluding hydrogens is 481 g/mol. The highest BCUT2D eigenvalue weighted by molar-refractivity contribution is 6.33. The van der Waals surface area contributed by atoms with Gasteiger partial charge in [-0.3, -0.25) is 14.2 Å². The topological polar surface area (TPSA) is 55.2 Å². The van der Waals surface area contributed by atoms with Gasteiger partial charge < -0.3 is 4.90 Å². The van der Waals surface area contributed by atoms with E-state index in [0.717, 1.165) is 5.56 Å². The van der Waals surface area contributed by atoms with Gasteiger partial charge in [-0.25, -0.2) is 4.98 Å². The lowest BCUT2D eigenvalue weighted by atomic mass is 10.1. The first kappa shape index (κ1) is 25.0. The SMILES string of the molecule is Cc1ccc(-n2c(C(C)N(CC(C)C)C(=O)c3ccccc3Cl)nc3cc(Cl)ccc3c2=O)cc1. The maximum atomic E-state index is 13.7. The number of halogens is 2. The molecule has 0 fully saturated rings. The summed E-state index contributed by atoms with van der Waals surface area (Å²) in [6.07, 6.45) is 0. The predicted octanol–water partition coefficient (Wildman–Crippen LogP) is 6.86. The smallest absolute Gasteiger partial charge is 0.266 e. The number of nitrogens with zero attached hydrogens (tertiary/aromatic N) is 3. The molecule has 35 heavy (non-hydrogen) atoms. The third-order valence-corrected chi connectivity index (χ3v) is 6.48. The second kappa shape index (κ2) is 10.2. The van der Waals surface area contributed by atoms with Crippen molar-refractivity contribution in [2.24, 2.45) is 5.92 Å². The van der Waals surface area contributed by atoms with Crippen molar-refractivity contribution in [1.82, 2.24) is 14.5 Å². The van der Waals surface area contributed by atoms with Crippen molar-refractivity contribution < 1.29 is 4.79 Å². The molecular formula is C28H27Cl2N3O2.